The number of nitrogens with one attached hydrogen (secondary N) is 2. The quantitative estimate of drug-likeness (QED) is 0.871. The number of amides is 1. The van der Waals surface area contributed by atoms with Gasteiger partial charge < -0.3 is 10.6 Å². The molecular weight excluding hydrogens is 284 g/mol. The van der Waals surface area contributed by atoms with Crippen LogP contribution in [0.25, 0.3) is 0 Å². The zero-order valence-electron chi connectivity index (χ0n) is 12.9. The number of carbonyl (C=O) groups excluding carboxylic acids is 1. The number of halogens is 1. The molecule has 0 radical (unpaired) electrons. The van der Waals surface area contributed by atoms with Crippen LogP contribution in [0.5, 0.6) is 0 Å². The van der Waals surface area contributed by atoms with Crippen molar-refractivity contribution in [2.24, 2.45) is 5.41 Å². The summed E-state index contributed by atoms with van der Waals surface area (Å²) in [5.41, 5.74) is 0.797. The van der Waals surface area contributed by atoms with Gasteiger partial charge in [-0.15, -0.1) is 0 Å². The molecule has 2 unspecified atom stereocenters. The van der Waals surface area contributed by atoms with Gasteiger partial charge in [-0.1, -0.05) is 37.1 Å². The van der Waals surface area contributed by atoms with Crippen molar-refractivity contribution in [1.82, 2.24) is 10.6 Å². The lowest BCUT2D eigenvalue weighted by Gasteiger charge is -2.37. The van der Waals surface area contributed by atoms with Gasteiger partial charge in [0.1, 0.15) is 0 Å². The maximum atomic E-state index is 12.8. The molecule has 3 nitrogen and oxygen atoms in total. The molecular formula is C17H25ClN2O. The second kappa shape index (κ2) is 7.28. The summed E-state index contributed by atoms with van der Waals surface area (Å²) in [6.45, 7) is 5.96. The summed E-state index contributed by atoms with van der Waals surface area (Å²) < 4.78 is 0. The number of hydrogen-bond donors (Lipinski definition) is 2. The van der Waals surface area contributed by atoms with Gasteiger partial charge in [0.2, 0.25) is 5.91 Å². The van der Waals surface area contributed by atoms with Gasteiger partial charge in [-0.05, 0) is 50.4 Å². The molecule has 2 N–H and O–H groups in total. The predicted octanol–water partition coefficient (Wildman–Crippen LogP) is 3.69. The van der Waals surface area contributed by atoms with Gasteiger partial charge in [-0.25, -0.2) is 0 Å². The van der Waals surface area contributed by atoms with E-state index in [4.69, 9.17) is 11.6 Å². The largest absolute Gasteiger partial charge is 0.349 e. The van der Waals surface area contributed by atoms with Crippen molar-refractivity contribution in [2.75, 3.05) is 13.1 Å². The van der Waals surface area contributed by atoms with Crippen LogP contribution in [-0.4, -0.2) is 19.0 Å². The van der Waals surface area contributed by atoms with Crippen LogP contribution in [0.1, 0.15) is 51.1 Å². The van der Waals surface area contributed by atoms with E-state index in [0.717, 1.165) is 44.3 Å². The van der Waals surface area contributed by atoms with Crippen LogP contribution in [0.2, 0.25) is 5.02 Å². The molecule has 0 saturated carbocycles. The molecule has 0 aliphatic carbocycles. The number of benzene rings is 1. The first-order valence-electron chi connectivity index (χ1n) is 7.84. The molecule has 0 bridgehead atoms. The zero-order valence-corrected chi connectivity index (χ0v) is 13.7. The maximum Gasteiger partial charge on any atom is 0.227 e. The highest BCUT2D eigenvalue weighted by molar-refractivity contribution is 6.30. The second-order valence-corrected chi connectivity index (χ2v) is 6.50. The number of hydrogen-bond acceptors (Lipinski definition) is 2. The monoisotopic (exact) mass is 308 g/mol. The second-order valence-electron chi connectivity index (χ2n) is 6.06. The molecule has 1 aromatic carbocycles. The Balaban J connectivity index is 2.07. The van der Waals surface area contributed by atoms with E-state index in [1.165, 1.54) is 0 Å². The van der Waals surface area contributed by atoms with E-state index in [2.05, 4.69) is 17.6 Å². The van der Waals surface area contributed by atoms with E-state index < -0.39 is 0 Å². The van der Waals surface area contributed by atoms with Crippen molar-refractivity contribution in [2.45, 2.75) is 45.6 Å². The average Bonchev–Trinajstić information content (AvgIpc) is 2.48. The molecule has 1 aromatic rings. The Morgan fingerprint density at radius 2 is 2.33 bits per heavy atom. The summed E-state index contributed by atoms with van der Waals surface area (Å²) in [7, 11) is 0. The van der Waals surface area contributed by atoms with Gasteiger partial charge in [0.15, 0.2) is 0 Å². The normalized spacial score (nSPS) is 23.6. The smallest absolute Gasteiger partial charge is 0.227 e. The van der Waals surface area contributed by atoms with Crippen LogP contribution < -0.4 is 10.6 Å². The molecule has 0 aromatic heterocycles. The summed E-state index contributed by atoms with van der Waals surface area (Å²) >= 11 is 6.03. The molecule has 2 rings (SSSR count). The molecule has 21 heavy (non-hydrogen) atoms. The van der Waals surface area contributed by atoms with Gasteiger partial charge in [0.05, 0.1) is 11.5 Å². The number of piperidine rings is 1. The van der Waals surface area contributed by atoms with Crippen molar-refractivity contribution in [3.63, 3.8) is 0 Å². The van der Waals surface area contributed by atoms with Crippen LogP contribution >= 0.6 is 11.6 Å². The minimum Gasteiger partial charge on any atom is -0.349 e. The van der Waals surface area contributed by atoms with Crippen LogP contribution in [0.4, 0.5) is 0 Å². The first-order valence-corrected chi connectivity index (χ1v) is 8.22. The third-order valence-corrected chi connectivity index (χ3v) is 4.61. The Kier molecular flexibility index (Phi) is 5.65. The topological polar surface area (TPSA) is 41.1 Å². The highest BCUT2D eigenvalue weighted by atomic mass is 35.5. The summed E-state index contributed by atoms with van der Waals surface area (Å²) in [5, 5.41) is 7.27. The van der Waals surface area contributed by atoms with E-state index in [-0.39, 0.29) is 17.4 Å². The van der Waals surface area contributed by atoms with E-state index >= 15 is 0 Å². The van der Waals surface area contributed by atoms with E-state index in [1.54, 1.807) is 0 Å². The van der Waals surface area contributed by atoms with Gasteiger partial charge in [-0.2, -0.15) is 0 Å². The SMILES string of the molecule is CCCC1(C(=O)NC(C)c2cccc(Cl)c2)CCCNC1. The minimum absolute atomic E-state index is 0.0214. The van der Waals surface area contributed by atoms with Crippen molar-refractivity contribution in [1.29, 1.82) is 0 Å². The summed E-state index contributed by atoms with van der Waals surface area (Å²) in [6.07, 6.45) is 4.01. The van der Waals surface area contributed by atoms with Crippen LogP contribution in [0.15, 0.2) is 24.3 Å². The highest BCUT2D eigenvalue weighted by Crippen LogP contribution is 2.32. The Morgan fingerprint density at radius 3 is 2.95 bits per heavy atom. The van der Waals surface area contributed by atoms with E-state index in [9.17, 15) is 4.79 Å². The van der Waals surface area contributed by atoms with Crippen molar-refractivity contribution in [3.8, 4) is 0 Å². The Labute approximate surface area is 132 Å². The zero-order chi connectivity index (χ0) is 15.3. The predicted molar refractivity (Wildman–Crippen MR) is 87.5 cm³/mol. The van der Waals surface area contributed by atoms with Crippen molar-refractivity contribution < 1.29 is 4.79 Å². The molecule has 1 heterocycles. The summed E-state index contributed by atoms with van der Waals surface area (Å²) in [6, 6.07) is 7.67. The fourth-order valence-corrected chi connectivity index (χ4v) is 3.37. The number of carbonyl (C=O) groups is 1. The molecule has 1 saturated heterocycles. The molecule has 4 heteroatoms. The lowest BCUT2D eigenvalue weighted by atomic mass is 9.76. The minimum atomic E-state index is -0.250. The Bertz CT molecular complexity index is 478. The van der Waals surface area contributed by atoms with Gasteiger partial charge >= 0.3 is 0 Å². The van der Waals surface area contributed by atoms with Crippen LogP contribution in [0.3, 0.4) is 0 Å². The van der Waals surface area contributed by atoms with Crippen LogP contribution in [-0.2, 0) is 4.79 Å². The lowest BCUT2D eigenvalue weighted by molar-refractivity contribution is -0.133. The van der Waals surface area contributed by atoms with Gasteiger partial charge in [-0.3, -0.25) is 4.79 Å². The van der Waals surface area contributed by atoms with Crippen molar-refractivity contribution >= 4 is 17.5 Å². The third kappa shape index (κ3) is 3.98. The first-order chi connectivity index (χ1) is 10.1. The Morgan fingerprint density at radius 1 is 1.52 bits per heavy atom. The van der Waals surface area contributed by atoms with E-state index in [0.29, 0.717) is 5.02 Å². The van der Waals surface area contributed by atoms with Gasteiger partial charge in [0.25, 0.3) is 0 Å². The summed E-state index contributed by atoms with van der Waals surface area (Å²) in [5.74, 6) is 0.170. The molecule has 1 aliphatic heterocycles. The Hall–Kier alpha value is -1.06. The molecule has 116 valence electrons. The van der Waals surface area contributed by atoms with E-state index in [1.807, 2.05) is 31.2 Å². The molecule has 1 amide bonds. The van der Waals surface area contributed by atoms with Gasteiger partial charge in [0, 0.05) is 11.6 Å². The molecule has 1 fully saturated rings. The molecule has 1 aliphatic rings. The average molecular weight is 309 g/mol. The van der Waals surface area contributed by atoms with Crippen molar-refractivity contribution in [3.05, 3.63) is 34.9 Å². The fourth-order valence-electron chi connectivity index (χ4n) is 3.18. The summed E-state index contributed by atoms with van der Waals surface area (Å²) in [4.78, 5) is 12.8. The number of rotatable bonds is 5. The lowest BCUT2D eigenvalue weighted by Crippen LogP contribution is -2.50. The fraction of sp³-hybridized carbons (Fsp3) is 0.588. The molecule has 2 atom stereocenters. The highest BCUT2D eigenvalue weighted by Gasteiger charge is 2.39. The third-order valence-electron chi connectivity index (χ3n) is 4.38. The first kappa shape index (κ1) is 16.3. The maximum absolute atomic E-state index is 12.8. The van der Waals surface area contributed by atoms with Crippen LogP contribution in [0, 0.1) is 5.41 Å². The molecule has 0 spiro atoms. The standard InChI is InChI=1S/C17H25ClN2O/c1-3-8-17(9-5-10-19-12-17)16(21)20-13(2)14-6-4-7-15(18)11-14/h4,6-7,11,13,19H,3,5,8-10,12H2,1-2H3,(H,20,21).